The first-order chi connectivity index (χ1) is 9.73. The van der Waals surface area contributed by atoms with Crippen molar-refractivity contribution in [1.82, 2.24) is 9.21 Å². The smallest absolute Gasteiger partial charge is 0.246 e. The standard InChI is InChI=1S/C13H17BrCl2N2O2S/c1-17-5-3-10(4-6-17)18(2)21(19,20)13-11(15)7-9(14)8-12(13)16/h7-8,10H,3-6H2,1-2H3. The molecular formula is C13H17BrCl2N2O2S. The lowest BCUT2D eigenvalue weighted by molar-refractivity contribution is 0.197. The summed E-state index contributed by atoms with van der Waals surface area (Å²) in [5, 5.41) is 0.267. The van der Waals surface area contributed by atoms with Crippen molar-refractivity contribution in [3.8, 4) is 0 Å². The van der Waals surface area contributed by atoms with Crippen LogP contribution in [0.15, 0.2) is 21.5 Å². The molecule has 0 aliphatic carbocycles. The van der Waals surface area contributed by atoms with Crippen LogP contribution in [-0.4, -0.2) is 50.8 Å². The van der Waals surface area contributed by atoms with E-state index in [-0.39, 0.29) is 21.0 Å². The van der Waals surface area contributed by atoms with Crippen LogP contribution in [0.5, 0.6) is 0 Å². The SMILES string of the molecule is CN1CCC(N(C)S(=O)(=O)c2c(Cl)cc(Br)cc2Cl)CC1. The first kappa shape index (κ1) is 17.5. The largest absolute Gasteiger partial charge is 0.306 e. The number of piperidine rings is 1. The minimum Gasteiger partial charge on any atom is -0.306 e. The highest BCUT2D eigenvalue weighted by molar-refractivity contribution is 9.10. The van der Waals surface area contributed by atoms with Gasteiger partial charge in [-0.1, -0.05) is 39.1 Å². The Morgan fingerprint density at radius 3 is 2.19 bits per heavy atom. The van der Waals surface area contributed by atoms with Crippen LogP contribution in [0.2, 0.25) is 10.0 Å². The Balaban J connectivity index is 2.34. The zero-order valence-electron chi connectivity index (χ0n) is 11.8. The molecule has 0 radical (unpaired) electrons. The molecule has 1 heterocycles. The lowest BCUT2D eigenvalue weighted by Gasteiger charge is -2.34. The maximum atomic E-state index is 12.8. The number of nitrogens with zero attached hydrogens (tertiary/aromatic N) is 2. The summed E-state index contributed by atoms with van der Waals surface area (Å²) in [5.74, 6) is 0. The third-order valence-electron chi connectivity index (χ3n) is 3.80. The molecule has 0 unspecified atom stereocenters. The van der Waals surface area contributed by atoms with Gasteiger partial charge in [0.25, 0.3) is 0 Å². The number of halogens is 3. The maximum Gasteiger partial charge on any atom is 0.246 e. The molecule has 1 aliphatic heterocycles. The Morgan fingerprint density at radius 1 is 1.24 bits per heavy atom. The van der Waals surface area contributed by atoms with Crippen molar-refractivity contribution < 1.29 is 8.42 Å². The zero-order valence-corrected chi connectivity index (χ0v) is 15.7. The minimum absolute atomic E-state index is 0.0181. The fourth-order valence-corrected chi connectivity index (χ4v) is 5.77. The van der Waals surface area contributed by atoms with Gasteiger partial charge in [-0.3, -0.25) is 0 Å². The van der Waals surface area contributed by atoms with E-state index < -0.39 is 10.0 Å². The maximum absolute atomic E-state index is 12.8. The second-order valence-electron chi connectivity index (χ2n) is 5.25. The average Bonchev–Trinajstić information content (AvgIpc) is 2.37. The molecule has 0 amide bonds. The number of hydrogen-bond acceptors (Lipinski definition) is 3. The Labute approximate surface area is 144 Å². The van der Waals surface area contributed by atoms with Crippen LogP contribution < -0.4 is 0 Å². The third-order valence-corrected chi connectivity index (χ3v) is 7.09. The highest BCUT2D eigenvalue weighted by atomic mass is 79.9. The molecule has 1 aliphatic rings. The molecule has 2 rings (SSSR count). The van der Waals surface area contributed by atoms with Crippen molar-refractivity contribution in [2.75, 3.05) is 27.2 Å². The minimum atomic E-state index is -3.70. The molecule has 118 valence electrons. The van der Waals surface area contributed by atoms with E-state index >= 15 is 0 Å². The van der Waals surface area contributed by atoms with Gasteiger partial charge in [-0.2, -0.15) is 4.31 Å². The highest BCUT2D eigenvalue weighted by Crippen LogP contribution is 2.35. The summed E-state index contributed by atoms with van der Waals surface area (Å²) in [7, 11) is -0.0720. The van der Waals surface area contributed by atoms with Crippen LogP contribution in [0.1, 0.15) is 12.8 Å². The number of hydrogen-bond donors (Lipinski definition) is 0. The van der Waals surface area contributed by atoms with Gasteiger partial charge in [0.2, 0.25) is 10.0 Å². The number of benzene rings is 1. The monoisotopic (exact) mass is 414 g/mol. The van der Waals surface area contributed by atoms with E-state index in [1.807, 2.05) is 7.05 Å². The molecular weight excluding hydrogens is 399 g/mol. The van der Waals surface area contributed by atoms with E-state index in [1.165, 1.54) is 4.31 Å². The number of rotatable bonds is 3. The molecule has 0 aromatic heterocycles. The zero-order chi connectivity index (χ0) is 15.8. The quantitative estimate of drug-likeness (QED) is 0.758. The second kappa shape index (κ2) is 6.72. The van der Waals surface area contributed by atoms with Gasteiger partial charge in [-0.25, -0.2) is 8.42 Å². The van der Waals surface area contributed by atoms with Crippen molar-refractivity contribution in [3.63, 3.8) is 0 Å². The molecule has 21 heavy (non-hydrogen) atoms. The molecule has 1 saturated heterocycles. The fraction of sp³-hybridized carbons (Fsp3) is 0.538. The summed E-state index contributed by atoms with van der Waals surface area (Å²) in [6, 6.07) is 3.06. The van der Waals surface area contributed by atoms with E-state index in [4.69, 9.17) is 23.2 Å². The van der Waals surface area contributed by atoms with Crippen molar-refractivity contribution >= 4 is 49.2 Å². The Kier molecular flexibility index (Phi) is 5.60. The van der Waals surface area contributed by atoms with Gasteiger partial charge in [0.15, 0.2) is 0 Å². The summed E-state index contributed by atoms with van der Waals surface area (Å²) >= 11 is 15.4. The van der Waals surface area contributed by atoms with Crippen LogP contribution >= 0.6 is 39.1 Å². The molecule has 8 heteroatoms. The van der Waals surface area contributed by atoms with E-state index in [0.29, 0.717) is 4.47 Å². The van der Waals surface area contributed by atoms with Crippen LogP contribution in [-0.2, 0) is 10.0 Å². The van der Waals surface area contributed by atoms with E-state index in [2.05, 4.69) is 20.8 Å². The number of likely N-dealkylation sites (tertiary alicyclic amines) is 1. The van der Waals surface area contributed by atoms with Crippen molar-refractivity contribution in [2.24, 2.45) is 0 Å². The first-order valence-corrected chi connectivity index (χ1v) is 9.53. The molecule has 0 N–H and O–H groups in total. The van der Waals surface area contributed by atoms with Crippen molar-refractivity contribution in [1.29, 1.82) is 0 Å². The molecule has 0 saturated carbocycles. The second-order valence-corrected chi connectivity index (χ2v) is 8.92. The predicted molar refractivity (Wildman–Crippen MR) is 89.6 cm³/mol. The number of sulfonamides is 1. The van der Waals surface area contributed by atoms with Gasteiger partial charge in [0.1, 0.15) is 4.90 Å². The molecule has 4 nitrogen and oxygen atoms in total. The summed E-state index contributed by atoms with van der Waals surface area (Å²) in [4.78, 5) is 2.17. The predicted octanol–water partition coefficient (Wildman–Crippen LogP) is 3.47. The molecule has 1 fully saturated rings. The van der Waals surface area contributed by atoms with Gasteiger partial charge < -0.3 is 4.90 Å². The highest BCUT2D eigenvalue weighted by Gasteiger charge is 2.33. The van der Waals surface area contributed by atoms with Gasteiger partial charge in [0.05, 0.1) is 10.0 Å². The summed E-state index contributed by atoms with van der Waals surface area (Å²) in [5.41, 5.74) is 0. The van der Waals surface area contributed by atoms with Gasteiger partial charge in [0, 0.05) is 17.6 Å². The molecule has 0 bridgehead atoms. The van der Waals surface area contributed by atoms with Crippen LogP contribution in [0.3, 0.4) is 0 Å². The summed E-state index contributed by atoms with van der Waals surface area (Å²) in [6.45, 7) is 1.76. The van der Waals surface area contributed by atoms with E-state index in [1.54, 1.807) is 19.2 Å². The lowest BCUT2D eigenvalue weighted by Crippen LogP contribution is -2.44. The van der Waals surface area contributed by atoms with Crippen molar-refractivity contribution in [3.05, 3.63) is 26.7 Å². The first-order valence-electron chi connectivity index (χ1n) is 6.54. The lowest BCUT2D eigenvalue weighted by atomic mass is 10.1. The molecule has 1 aromatic rings. The fourth-order valence-electron chi connectivity index (χ4n) is 2.47. The van der Waals surface area contributed by atoms with Crippen LogP contribution in [0, 0.1) is 0 Å². The summed E-state index contributed by atoms with van der Waals surface area (Å²) in [6.07, 6.45) is 1.61. The van der Waals surface area contributed by atoms with Crippen molar-refractivity contribution in [2.45, 2.75) is 23.8 Å². The Morgan fingerprint density at radius 2 is 1.71 bits per heavy atom. The van der Waals surface area contributed by atoms with Gasteiger partial charge in [-0.05, 0) is 45.1 Å². The van der Waals surface area contributed by atoms with Gasteiger partial charge in [-0.15, -0.1) is 0 Å². The third kappa shape index (κ3) is 3.74. The topological polar surface area (TPSA) is 40.6 Å². The Hall–Kier alpha value is 0.150. The average molecular weight is 416 g/mol. The summed E-state index contributed by atoms with van der Waals surface area (Å²) < 4.78 is 27.6. The normalized spacial score (nSPS) is 18.4. The van der Waals surface area contributed by atoms with Gasteiger partial charge >= 0.3 is 0 Å². The van der Waals surface area contributed by atoms with E-state index in [9.17, 15) is 8.42 Å². The van der Waals surface area contributed by atoms with Crippen LogP contribution in [0.25, 0.3) is 0 Å². The Bertz CT molecular complexity index is 608. The molecule has 0 spiro atoms. The molecule has 0 atom stereocenters. The van der Waals surface area contributed by atoms with Crippen LogP contribution in [0.4, 0.5) is 0 Å². The molecule has 1 aromatic carbocycles. The van der Waals surface area contributed by atoms with E-state index in [0.717, 1.165) is 25.9 Å².